The van der Waals surface area contributed by atoms with Gasteiger partial charge in [-0.3, -0.25) is 14.6 Å². The van der Waals surface area contributed by atoms with Crippen LogP contribution in [0.1, 0.15) is 87.4 Å². The molecule has 0 saturated heterocycles. The van der Waals surface area contributed by atoms with Crippen molar-refractivity contribution >= 4 is 11.8 Å². The third kappa shape index (κ3) is 10.3. The molecule has 1 atom stereocenters. The molecule has 7 nitrogen and oxygen atoms in total. The molecule has 5 rings (SSSR count). The Morgan fingerprint density at radius 2 is 1.76 bits per heavy atom. The Balaban J connectivity index is 0.000000507. The van der Waals surface area contributed by atoms with Gasteiger partial charge in [-0.25, -0.2) is 0 Å². The van der Waals surface area contributed by atoms with E-state index in [0.717, 1.165) is 57.2 Å². The minimum atomic E-state index is -0.0717. The Hall–Kier alpha value is -3.19. The highest BCUT2D eigenvalue weighted by Gasteiger charge is 2.37. The summed E-state index contributed by atoms with van der Waals surface area (Å²) < 4.78 is 0. The van der Waals surface area contributed by atoms with Crippen molar-refractivity contribution in [3.8, 4) is 0 Å². The number of carbonyl (C=O) groups excluding carboxylic acids is 2. The van der Waals surface area contributed by atoms with Gasteiger partial charge in [-0.15, -0.1) is 0 Å². The summed E-state index contributed by atoms with van der Waals surface area (Å²) in [4.78, 5) is 32.0. The summed E-state index contributed by atoms with van der Waals surface area (Å²) in [5.74, 6) is 1.32. The molecule has 2 aromatic rings. The highest BCUT2D eigenvalue weighted by Crippen LogP contribution is 2.37. The first-order chi connectivity index (χ1) is 20.5. The molecule has 0 bridgehead atoms. The standard InChI is InChI=1S/C28H43N5O2.C7H8/c1-3-15-31-27(22-13-14-22)28(35)33(2)19-25(21-11-12-21)32-18-26(34)30-17-6-10-24-23(9-5-16-29-24)20-7-4-8-20;1-7-5-3-2-4-6-7/h5,9,16,20,22,27,31-32H,3-4,6-8,10-15,17-19H2,1-2H3,(H,30,34);2-6H,1H3. The summed E-state index contributed by atoms with van der Waals surface area (Å²) in [5.41, 5.74) is 6.29. The maximum Gasteiger partial charge on any atom is 0.240 e. The first kappa shape index (κ1) is 31.7. The fraction of sp³-hybridized carbons (Fsp3) is 0.571. The Bertz CT molecular complexity index is 1170. The van der Waals surface area contributed by atoms with Crippen molar-refractivity contribution in [2.45, 2.75) is 90.0 Å². The summed E-state index contributed by atoms with van der Waals surface area (Å²) in [7, 11) is 1.88. The minimum absolute atomic E-state index is 0.00145. The number of rotatable bonds is 15. The van der Waals surface area contributed by atoms with E-state index >= 15 is 0 Å². The number of likely N-dealkylation sites (N-methyl/N-ethyl adjacent to an activating group) is 1. The molecule has 1 aromatic heterocycles. The topological polar surface area (TPSA) is 86.4 Å². The van der Waals surface area contributed by atoms with Crippen LogP contribution in [-0.4, -0.2) is 61.0 Å². The Morgan fingerprint density at radius 3 is 2.36 bits per heavy atom. The van der Waals surface area contributed by atoms with E-state index in [-0.39, 0.29) is 24.4 Å². The highest BCUT2D eigenvalue weighted by atomic mass is 16.2. The minimum Gasteiger partial charge on any atom is -0.378 e. The van der Waals surface area contributed by atoms with E-state index < -0.39 is 0 Å². The predicted octanol–water partition coefficient (Wildman–Crippen LogP) is 5.27. The molecule has 0 spiro atoms. The van der Waals surface area contributed by atoms with Crippen LogP contribution < -0.4 is 16.0 Å². The van der Waals surface area contributed by atoms with E-state index in [2.05, 4.69) is 53.0 Å². The average molecular weight is 574 g/mol. The van der Waals surface area contributed by atoms with Crippen LogP contribution in [-0.2, 0) is 16.0 Å². The molecule has 3 aliphatic rings. The monoisotopic (exact) mass is 573 g/mol. The summed E-state index contributed by atoms with van der Waals surface area (Å²) in [6.07, 6.45) is 12.9. The molecule has 1 unspecified atom stereocenters. The molecule has 42 heavy (non-hydrogen) atoms. The van der Waals surface area contributed by atoms with E-state index in [1.165, 1.54) is 41.7 Å². The maximum atomic E-state index is 13.1. The molecule has 3 saturated carbocycles. The lowest BCUT2D eigenvalue weighted by Crippen LogP contribution is -2.48. The van der Waals surface area contributed by atoms with Crippen molar-refractivity contribution in [3.05, 3.63) is 76.8 Å². The van der Waals surface area contributed by atoms with Crippen LogP contribution in [0.15, 0.2) is 59.9 Å². The van der Waals surface area contributed by atoms with Crippen molar-refractivity contribution in [1.29, 1.82) is 0 Å². The lowest BCUT2D eigenvalue weighted by molar-refractivity contribution is -0.132. The number of aryl methyl sites for hydroxylation is 2. The molecule has 2 amide bonds. The summed E-state index contributed by atoms with van der Waals surface area (Å²) in [5, 5.41) is 9.82. The highest BCUT2D eigenvalue weighted by molar-refractivity contribution is 5.82. The second kappa shape index (κ2) is 16.4. The van der Waals surface area contributed by atoms with E-state index in [0.29, 0.717) is 24.9 Å². The van der Waals surface area contributed by atoms with Crippen molar-refractivity contribution < 1.29 is 9.59 Å². The Morgan fingerprint density at radius 1 is 1.00 bits per heavy atom. The van der Waals surface area contributed by atoms with Gasteiger partial charge in [-0.1, -0.05) is 55.3 Å². The van der Waals surface area contributed by atoms with E-state index in [9.17, 15) is 9.59 Å². The van der Waals surface area contributed by atoms with Gasteiger partial charge in [0.15, 0.2) is 0 Å². The number of allylic oxidation sites excluding steroid dienone is 1. The van der Waals surface area contributed by atoms with Crippen LogP contribution in [0, 0.1) is 12.8 Å². The van der Waals surface area contributed by atoms with Gasteiger partial charge in [0.1, 0.15) is 0 Å². The van der Waals surface area contributed by atoms with Crippen LogP contribution in [0.2, 0.25) is 0 Å². The number of hydrogen-bond donors (Lipinski definition) is 3. The molecule has 3 N–H and O–H groups in total. The van der Waals surface area contributed by atoms with Gasteiger partial charge >= 0.3 is 0 Å². The number of carbonyl (C=O) groups is 2. The van der Waals surface area contributed by atoms with Gasteiger partial charge < -0.3 is 20.9 Å². The summed E-state index contributed by atoms with van der Waals surface area (Å²) in [6.45, 7) is 6.52. The Kier molecular flexibility index (Phi) is 12.4. The third-order valence-electron chi connectivity index (χ3n) is 8.46. The summed E-state index contributed by atoms with van der Waals surface area (Å²) in [6, 6.07) is 14.4. The van der Waals surface area contributed by atoms with E-state index in [4.69, 9.17) is 0 Å². The number of amides is 2. The molecule has 228 valence electrons. The van der Waals surface area contributed by atoms with Gasteiger partial charge in [0.2, 0.25) is 11.8 Å². The van der Waals surface area contributed by atoms with Crippen molar-refractivity contribution in [2.24, 2.45) is 5.92 Å². The fourth-order valence-corrected chi connectivity index (χ4v) is 5.41. The lowest BCUT2D eigenvalue weighted by Gasteiger charge is -2.27. The quantitative estimate of drug-likeness (QED) is 0.253. The fourth-order valence-electron chi connectivity index (χ4n) is 5.41. The SMILES string of the molecule is CCCNC(C(=O)N(C)CC(NCC(=O)NCCCc1ncccc1C1CCC1)=C1CC1)C1CC1.Cc1ccccc1. The number of aromatic nitrogens is 1. The molecular formula is C35H51N5O2. The first-order valence-corrected chi connectivity index (χ1v) is 16.1. The predicted molar refractivity (Wildman–Crippen MR) is 170 cm³/mol. The second-order valence-corrected chi connectivity index (χ2v) is 12.2. The largest absolute Gasteiger partial charge is 0.378 e. The number of hydrogen-bond acceptors (Lipinski definition) is 5. The van der Waals surface area contributed by atoms with Crippen LogP contribution in [0.3, 0.4) is 0 Å². The zero-order chi connectivity index (χ0) is 29.7. The second-order valence-electron chi connectivity index (χ2n) is 12.2. The molecule has 7 heteroatoms. The molecule has 3 fully saturated rings. The molecule has 3 aliphatic carbocycles. The van der Waals surface area contributed by atoms with Gasteiger partial charge in [-0.2, -0.15) is 0 Å². The molecule has 0 aliphatic heterocycles. The van der Waals surface area contributed by atoms with Gasteiger partial charge in [0, 0.05) is 31.2 Å². The smallest absolute Gasteiger partial charge is 0.240 e. The normalized spacial score (nSPS) is 16.4. The number of nitrogens with one attached hydrogen (secondary N) is 3. The molecule has 1 heterocycles. The van der Waals surface area contributed by atoms with Crippen LogP contribution in [0.25, 0.3) is 0 Å². The van der Waals surface area contributed by atoms with E-state index in [1.54, 1.807) is 0 Å². The van der Waals surface area contributed by atoms with Crippen molar-refractivity contribution in [3.63, 3.8) is 0 Å². The van der Waals surface area contributed by atoms with Crippen molar-refractivity contribution in [1.82, 2.24) is 25.8 Å². The van der Waals surface area contributed by atoms with Crippen LogP contribution in [0.4, 0.5) is 0 Å². The lowest BCUT2D eigenvalue weighted by atomic mass is 9.79. The van der Waals surface area contributed by atoms with Gasteiger partial charge in [-0.05, 0) is 100 Å². The third-order valence-corrected chi connectivity index (χ3v) is 8.46. The summed E-state index contributed by atoms with van der Waals surface area (Å²) >= 11 is 0. The average Bonchev–Trinajstić information content (AvgIpc) is 3.89. The number of benzene rings is 1. The number of nitrogens with zero attached hydrogens (tertiary/aromatic N) is 2. The first-order valence-electron chi connectivity index (χ1n) is 16.1. The Labute approximate surface area is 252 Å². The molecule has 1 aromatic carbocycles. The van der Waals surface area contributed by atoms with Gasteiger partial charge in [0.25, 0.3) is 0 Å². The van der Waals surface area contributed by atoms with Gasteiger partial charge in [0.05, 0.1) is 19.1 Å². The number of pyridine rings is 1. The maximum absolute atomic E-state index is 13.1. The molecule has 0 radical (unpaired) electrons. The molecular weight excluding hydrogens is 522 g/mol. The van der Waals surface area contributed by atoms with Crippen LogP contribution in [0.5, 0.6) is 0 Å². The van der Waals surface area contributed by atoms with E-state index in [1.807, 2.05) is 42.4 Å². The zero-order valence-corrected chi connectivity index (χ0v) is 26.0. The zero-order valence-electron chi connectivity index (χ0n) is 26.0. The van der Waals surface area contributed by atoms with Crippen molar-refractivity contribution in [2.75, 3.05) is 33.2 Å². The van der Waals surface area contributed by atoms with Crippen LogP contribution >= 0.6 is 0 Å².